The molecule has 0 amide bonds. The number of benzene rings is 1. The highest BCUT2D eigenvalue weighted by atomic mass is 35.5. The molecule has 0 bridgehead atoms. The van der Waals surface area contributed by atoms with E-state index in [-0.39, 0.29) is 11.6 Å². The van der Waals surface area contributed by atoms with Gasteiger partial charge in [0.1, 0.15) is 16.9 Å². The molecular formula is C22H25ClFN5O3S. The maximum atomic E-state index is 13.8. The lowest BCUT2D eigenvalue weighted by Crippen LogP contribution is -2.43. The van der Waals surface area contributed by atoms with Crippen LogP contribution in [0.1, 0.15) is 35.5 Å². The van der Waals surface area contributed by atoms with E-state index in [0.29, 0.717) is 47.4 Å². The number of hydrogen-bond acceptors (Lipinski definition) is 9. The molecule has 1 aromatic heterocycles. The molecule has 0 aliphatic carbocycles. The van der Waals surface area contributed by atoms with Crippen molar-refractivity contribution in [2.24, 2.45) is 4.99 Å². The summed E-state index contributed by atoms with van der Waals surface area (Å²) < 4.78 is 24.6. The number of hydrogen-bond donors (Lipinski definition) is 1. The molecule has 0 saturated carbocycles. The van der Waals surface area contributed by atoms with E-state index in [0.717, 1.165) is 24.5 Å². The van der Waals surface area contributed by atoms with E-state index in [1.165, 1.54) is 23.5 Å². The van der Waals surface area contributed by atoms with Crippen molar-refractivity contribution in [3.05, 3.63) is 55.9 Å². The first kappa shape index (κ1) is 23.7. The molecular weight excluding hydrogens is 469 g/mol. The molecule has 2 aliphatic heterocycles. The van der Waals surface area contributed by atoms with E-state index in [4.69, 9.17) is 26.1 Å². The van der Waals surface area contributed by atoms with Gasteiger partial charge in [0.15, 0.2) is 10.8 Å². The second-order valence-electron chi connectivity index (χ2n) is 7.53. The van der Waals surface area contributed by atoms with Crippen molar-refractivity contribution < 1.29 is 18.7 Å². The Hall–Kier alpha value is -2.40. The summed E-state index contributed by atoms with van der Waals surface area (Å²) in [5.41, 5.74) is 1.51. The molecule has 1 N–H and O–H groups in total. The number of morpholine rings is 1. The van der Waals surface area contributed by atoms with E-state index >= 15 is 0 Å². The van der Waals surface area contributed by atoms with Crippen LogP contribution in [0.15, 0.2) is 34.5 Å². The van der Waals surface area contributed by atoms with Gasteiger partial charge < -0.3 is 14.8 Å². The zero-order chi connectivity index (χ0) is 23.4. The Morgan fingerprint density at radius 1 is 1.33 bits per heavy atom. The van der Waals surface area contributed by atoms with Crippen LogP contribution in [0.4, 0.5) is 4.39 Å². The first-order valence-corrected chi connectivity index (χ1v) is 12.0. The normalized spacial score (nSPS) is 19.3. The number of halogens is 2. The minimum atomic E-state index is -0.779. The summed E-state index contributed by atoms with van der Waals surface area (Å²) in [5.74, 6) is -0.462. The van der Waals surface area contributed by atoms with Crippen LogP contribution in [0.2, 0.25) is 5.02 Å². The molecule has 1 saturated heterocycles. The predicted octanol–water partition coefficient (Wildman–Crippen LogP) is 3.13. The third-order valence-electron chi connectivity index (χ3n) is 5.34. The summed E-state index contributed by atoms with van der Waals surface area (Å²) in [4.78, 5) is 20.1. The average molecular weight is 494 g/mol. The minimum absolute atomic E-state index is 0.184. The number of amidine groups is 1. The van der Waals surface area contributed by atoms with E-state index in [1.807, 2.05) is 6.92 Å². The smallest absolute Gasteiger partial charge is 0.338 e. The Kier molecular flexibility index (Phi) is 7.69. The van der Waals surface area contributed by atoms with Crippen LogP contribution in [0.3, 0.4) is 0 Å². The largest absolute Gasteiger partial charge is 0.463 e. The molecule has 8 nitrogen and oxygen atoms in total. The molecule has 1 fully saturated rings. The second-order valence-corrected chi connectivity index (χ2v) is 9.00. The molecule has 4 rings (SSSR count). The molecule has 2 aromatic rings. The van der Waals surface area contributed by atoms with Gasteiger partial charge in [-0.3, -0.25) is 9.89 Å². The Labute approximate surface area is 200 Å². The Bertz CT molecular complexity index is 1080. The molecule has 11 heteroatoms. The van der Waals surface area contributed by atoms with Gasteiger partial charge in [-0.25, -0.2) is 9.18 Å². The van der Waals surface area contributed by atoms with E-state index in [9.17, 15) is 9.18 Å². The number of carbonyl (C=O) groups is 1. The zero-order valence-electron chi connectivity index (χ0n) is 18.4. The topological polar surface area (TPSA) is 88.9 Å². The SMILES string of the molecule is CCOC(=O)C1=C(CN2CCOCC2)NC(c2nnc(CC)s2)=NC1c1ccc(F)cc1Cl. The molecule has 0 spiro atoms. The Morgan fingerprint density at radius 2 is 2.12 bits per heavy atom. The van der Waals surface area contributed by atoms with Gasteiger partial charge in [0.05, 0.1) is 25.4 Å². The first-order valence-electron chi connectivity index (χ1n) is 10.8. The van der Waals surface area contributed by atoms with Gasteiger partial charge in [-0.05, 0) is 25.5 Å². The van der Waals surface area contributed by atoms with Crippen LogP contribution in [-0.4, -0.2) is 66.4 Å². The number of nitrogens with zero attached hydrogens (tertiary/aromatic N) is 4. The highest BCUT2D eigenvalue weighted by molar-refractivity contribution is 7.13. The highest BCUT2D eigenvalue weighted by Gasteiger charge is 2.35. The number of aryl methyl sites for hydroxylation is 1. The number of esters is 1. The van der Waals surface area contributed by atoms with Crippen LogP contribution in [-0.2, 0) is 20.7 Å². The van der Waals surface area contributed by atoms with E-state index in [2.05, 4.69) is 20.4 Å². The molecule has 176 valence electrons. The van der Waals surface area contributed by atoms with Crippen molar-refractivity contribution in [3.8, 4) is 0 Å². The first-order chi connectivity index (χ1) is 16.0. The summed E-state index contributed by atoms with van der Waals surface area (Å²) in [6.45, 7) is 7.12. The Balaban J connectivity index is 1.82. The monoisotopic (exact) mass is 493 g/mol. The lowest BCUT2D eigenvalue weighted by molar-refractivity contribution is -0.139. The fraction of sp³-hybridized carbons (Fsp3) is 0.455. The molecule has 3 heterocycles. The molecule has 33 heavy (non-hydrogen) atoms. The highest BCUT2D eigenvalue weighted by Crippen LogP contribution is 2.37. The van der Waals surface area contributed by atoms with Crippen molar-refractivity contribution in [2.45, 2.75) is 26.3 Å². The van der Waals surface area contributed by atoms with Crippen LogP contribution in [0, 0.1) is 5.82 Å². The lowest BCUT2D eigenvalue weighted by Gasteiger charge is -2.32. The van der Waals surface area contributed by atoms with Gasteiger partial charge in [0, 0.05) is 35.9 Å². The summed E-state index contributed by atoms with van der Waals surface area (Å²) in [5, 5.41) is 13.5. The lowest BCUT2D eigenvalue weighted by atomic mass is 9.95. The third kappa shape index (κ3) is 5.40. The van der Waals surface area contributed by atoms with E-state index < -0.39 is 17.8 Å². The number of rotatable bonds is 7. The van der Waals surface area contributed by atoms with Crippen molar-refractivity contribution in [3.63, 3.8) is 0 Å². The fourth-order valence-electron chi connectivity index (χ4n) is 3.70. The average Bonchev–Trinajstić information content (AvgIpc) is 3.29. The quantitative estimate of drug-likeness (QED) is 0.593. The van der Waals surface area contributed by atoms with Crippen molar-refractivity contribution in [2.75, 3.05) is 39.5 Å². The maximum absolute atomic E-state index is 13.8. The number of carbonyl (C=O) groups excluding carboxylic acids is 1. The van der Waals surface area contributed by atoms with Gasteiger partial charge in [-0.1, -0.05) is 35.9 Å². The third-order valence-corrected chi connectivity index (χ3v) is 6.74. The number of aliphatic imine (C=N–C) groups is 1. The van der Waals surface area contributed by atoms with Crippen molar-refractivity contribution in [1.82, 2.24) is 20.4 Å². The molecule has 1 unspecified atom stereocenters. The van der Waals surface area contributed by atoms with Crippen molar-refractivity contribution >= 4 is 34.7 Å². The summed E-state index contributed by atoms with van der Waals surface area (Å²) in [6.07, 6.45) is 0.753. The second kappa shape index (κ2) is 10.7. The van der Waals surface area contributed by atoms with Gasteiger partial charge in [0.25, 0.3) is 0 Å². The predicted molar refractivity (Wildman–Crippen MR) is 124 cm³/mol. The number of aromatic nitrogens is 2. The van der Waals surface area contributed by atoms with Crippen LogP contribution in [0.25, 0.3) is 0 Å². The Morgan fingerprint density at radius 3 is 2.79 bits per heavy atom. The zero-order valence-corrected chi connectivity index (χ0v) is 20.0. The maximum Gasteiger partial charge on any atom is 0.338 e. The van der Waals surface area contributed by atoms with Gasteiger partial charge >= 0.3 is 5.97 Å². The van der Waals surface area contributed by atoms with Gasteiger partial charge in [0.2, 0.25) is 0 Å². The fourth-order valence-corrected chi connectivity index (χ4v) is 4.70. The summed E-state index contributed by atoms with van der Waals surface area (Å²) in [6, 6.07) is 3.30. The molecule has 1 aromatic carbocycles. The molecule has 1 atom stereocenters. The van der Waals surface area contributed by atoms with Crippen LogP contribution < -0.4 is 5.32 Å². The van der Waals surface area contributed by atoms with Crippen LogP contribution in [0.5, 0.6) is 0 Å². The van der Waals surface area contributed by atoms with E-state index in [1.54, 1.807) is 13.0 Å². The summed E-state index contributed by atoms with van der Waals surface area (Å²) >= 11 is 7.84. The van der Waals surface area contributed by atoms with Gasteiger partial charge in [-0.15, -0.1) is 10.2 Å². The molecule has 0 radical (unpaired) electrons. The van der Waals surface area contributed by atoms with Crippen LogP contribution >= 0.6 is 22.9 Å². The molecule has 2 aliphatic rings. The standard InChI is InChI=1S/C22H25ClFN5O3S/c1-3-17-27-28-21(33-17)20-25-16(12-29-7-9-31-10-8-29)18(22(30)32-4-2)19(26-20)14-6-5-13(24)11-15(14)23/h5-6,11,19H,3-4,7-10,12H2,1-2H3,(H,25,26). The minimum Gasteiger partial charge on any atom is -0.463 e. The van der Waals surface area contributed by atoms with Gasteiger partial charge in [-0.2, -0.15) is 0 Å². The van der Waals surface area contributed by atoms with Crippen molar-refractivity contribution in [1.29, 1.82) is 0 Å². The number of nitrogens with one attached hydrogen (secondary N) is 1. The number of ether oxygens (including phenoxy) is 2. The summed E-state index contributed by atoms with van der Waals surface area (Å²) in [7, 11) is 0.